The van der Waals surface area contributed by atoms with E-state index >= 15 is 0 Å². The lowest BCUT2D eigenvalue weighted by atomic mass is 10.1. The van der Waals surface area contributed by atoms with E-state index in [1.807, 2.05) is 50.3 Å². The van der Waals surface area contributed by atoms with Gasteiger partial charge in [-0.2, -0.15) is 21.0 Å². The zero-order valence-electron chi connectivity index (χ0n) is 27.5. The molecule has 0 amide bonds. The number of hydrogen-bond donors (Lipinski definition) is 0. The lowest BCUT2D eigenvalue weighted by Gasteiger charge is -2.02. The first-order chi connectivity index (χ1) is 23.9. The molecule has 0 fully saturated rings. The van der Waals surface area contributed by atoms with Crippen molar-refractivity contribution in [1.82, 2.24) is 0 Å². The second-order valence-electron chi connectivity index (χ2n) is 10.7. The van der Waals surface area contributed by atoms with Crippen LogP contribution >= 0.6 is 56.7 Å². The van der Waals surface area contributed by atoms with Gasteiger partial charge in [0, 0.05) is 39.0 Å². The molecule has 0 radical (unpaired) electrons. The molecule has 0 N–H and O–H groups in total. The van der Waals surface area contributed by atoms with Crippen LogP contribution in [-0.4, -0.2) is 13.2 Å². The fourth-order valence-electron chi connectivity index (χ4n) is 5.25. The molecule has 0 aromatic carbocycles. The van der Waals surface area contributed by atoms with Crippen LogP contribution in [0.5, 0.6) is 11.5 Å². The monoisotopic (exact) mass is 736 g/mol. The van der Waals surface area contributed by atoms with Gasteiger partial charge in [-0.1, -0.05) is 26.7 Å². The van der Waals surface area contributed by atoms with Gasteiger partial charge < -0.3 is 9.47 Å². The van der Waals surface area contributed by atoms with E-state index in [2.05, 4.69) is 38.1 Å². The third-order valence-corrected chi connectivity index (χ3v) is 13.5. The van der Waals surface area contributed by atoms with Gasteiger partial charge in [-0.15, -0.1) is 56.7 Å². The standard InChI is InChI=1S/C38H32N4O2S5/c1-5-9-25-15-33(37-29(43-7-3)17-27(45-37)13-23(19-39)20-40)48-35(25)31-11-12-32(47-31)36-26(10-6-2)16-34(49-36)38-30(44-8-4)18-28(46-38)14-24(21-41)22-42/h11-18H,5-10H2,1-4H3. The van der Waals surface area contributed by atoms with E-state index in [0.717, 1.165) is 66.4 Å². The van der Waals surface area contributed by atoms with Gasteiger partial charge in [0.15, 0.2) is 0 Å². The molecule has 0 saturated carbocycles. The maximum absolute atomic E-state index is 9.29. The van der Waals surface area contributed by atoms with Crippen LogP contribution in [-0.2, 0) is 12.8 Å². The molecule has 0 aliphatic carbocycles. The van der Waals surface area contributed by atoms with Crippen molar-refractivity contribution in [2.75, 3.05) is 13.2 Å². The maximum atomic E-state index is 9.29. The van der Waals surface area contributed by atoms with Crippen molar-refractivity contribution < 1.29 is 9.47 Å². The van der Waals surface area contributed by atoms with Crippen molar-refractivity contribution in [2.45, 2.75) is 53.4 Å². The average Bonchev–Trinajstić information content (AvgIpc) is 3.94. The summed E-state index contributed by atoms with van der Waals surface area (Å²) in [5.74, 6) is 1.53. The van der Waals surface area contributed by atoms with Gasteiger partial charge in [0.1, 0.15) is 46.9 Å². The molecule has 0 aliphatic rings. The molecular formula is C38H32N4O2S5. The molecule has 246 valence electrons. The Balaban J connectivity index is 1.55. The van der Waals surface area contributed by atoms with Crippen LogP contribution < -0.4 is 9.47 Å². The van der Waals surface area contributed by atoms with Gasteiger partial charge in [-0.3, -0.25) is 0 Å². The highest BCUT2D eigenvalue weighted by atomic mass is 32.1. The Labute approximate surface area is 307 Å². The topological polar surface area (TPSA) is 114 Å². The first-order valence-corrected chi connectivity index (χ1v) is 19.9. The molecule has 0 spiro atoms. The summed E-state index contributed by atoms with van der Waals surface area (Å²) >= 11 is 8.40. The molecule has 0 saturated heterocycles. The molecule has 5 rings (SSSR count). The minimum Gasteiger partial charge on any atom is -0.492 e. The van der Waals surface area contributed by atoms with Crippen LogP contribution in [0.2, 0.25) is 0 Å². The zero-order chi connectivity index (χ0) is 34.9. The zero-order valence-corrected chi connectivity index (χ0v) is 31.6. The SMILES string of the molecule is CCCc1cc(-c2sc(C=C(C#N)C#N)cc2OCC)sc1-c1ccc(-c2sc(-c3sc(C=C(C#N)C#N)cc3OCC)cc2CCC)s1. The molecule has 0 unspecified atom stereocenters. The van der Waals surface area contributed by atoms with E-state index in [9.17, 15) is 21.0 Å². The Morgan fingerprint density at radius 2 is 0.959 bits per heavy atom. The van der Waals surface area contributed by atoms with Crippen molar-refractivity contribution in [3.8, 4) is 74.8 Å². The van der Waals surface area contributed by atoms with Gasteiger partial charge in [-0.05, 0) is 86.4 Å². The van der Waals surface area contributed by atoms with Gasteiger partial charge >= 0.3 is 0 Å². The first kappa shape index (κ1) is 35.8. The second kappa shape index (κ2) is 16.8. The lowest BCUT2D eigenvalue weighted by Crippen LogP contribution is -1.90. The molecule has 5 aromatic rings. The van der Waals surface area contributed by atoms with E-state index in [0.29, 0.717) is 13.2 Å². The Kier molecular flexibility index (Phi) is 12.3. The Morgan fingerprint density at radius 3 is 1.31 bits per heavy atom. The molecule has 0 bridgehead atoms. The number of ether oxygens (including phenoxy) is 2. The van der Waals surface area contributed by atoms with Crippen molar-refractivity contribution >= 4 is 68.8 Å². The second-order valence-corrected chi connectivity index (χ2v) is 16.1. The van der Waals surface area contributed by atoms with E-state index in [-0.39, 0.29) is 11.1 Å². The van der Waals surface area contributed by atoms with E-state index < -0.39 is 0 Å². The summed E-state index contributed by atoms with van der Waals surface area (Å²) in [5, 5.41) is 37.2. The number of thiophene rings is 5. The van der Waals surface area contributed by atoms with E-state index in [1.54, 1.807) is 46.2 Å². The Hall–Kier alpha value is -4.46. The third kappa shape index (κ3) is 8.06. The van der Waals surface area contributed by atoms with Crippen LogP contribution in [0.4, 0.5) is 0 Å². The van der Waals surface area contributed by atoms with Crippen LogP contribution in [0.3, 0.4) is 0 Å². The predicted molar refractivity (Wildman–Crippen MR) is 206 cm³/mol. The smallest absolute Gasteiger partial charge is 0.139 e. The van der Waals surface area contributed by atoms with Crippen molar-refractivity contribution in [3.05, 3.63) is 68.4 Å². The summed E-state index contributed by atoms with van der Waals surface area (Å²) in [5.41, 5.74) is 2.73. The number of nitrogens with zero attached hydrogens (tertiary/aromatic N) is 4. The highest BCUT2D eigenvalue weighted by Crippen LogP contribution is 2.51. The average molecular weight is 737 g/mol. The molecule has 49 heavy (non-hydrogen) atoms. The molecule has 0 aliphatic heterocycles. The fourth-order valence-corrected chi connectivity index (χ4v) is 11.3. The van der Waals surface area contributed by atoms with Crippen LogP contribution in [0.1, 0.15) is 61.4 Å². The largest absolute Gasteiger partial charge is 0.492 e. The van der Waals surface area contributed by atoms with Gasteiger partial charge in [0.25, 0.3) is 0 Å². The molecular weight excluding hydrogens is 705 g/mol. The Morgan fingerprint density at radius 1 is 0.551 bits per heavy atom. The molecule has 6 nitrogen and oxygen atoms in total. The maximum Gasteiger partial charge on any atom is 0.139 e. The third-order valence-electron chi connectivity index (χ3n) is 7.25. The number of aryl methyl sites for hydroxylation is 2. The Bertz CT molecular complexity index is 2010. The highest BCUT2D eigenvalue weighted by molar-refractivity contribution is 7.30. The first-order valence-electron chi connectivity index (χ1n) is 15.8. The number of hydrogen-bond acceptors (Lipinski definition) is 11. The quantitative estimate of drug-likeness (QED) is 0.105. The summed E-state index contributed by atoms with van der Waals surface area (Å²) in [7, 11) is 0. The fraction of sp³-hybridized carbons (Fsp3) is 0.263. The normalized spacial score (nSPS) is 10.4. The summed E-state index contributed by atoms with van der Waals surface area (Å²) < 4.78 is 12.0. The summed E-state index contributed by atoms with van der Waals surface area (Å²) in [6.45, 7) is 9.33. The van der Waals surface area contributed by atoms with Gasteiger partial charge in [0.2, 0.25) is 0 Å². The van der Waals surface area contributed by atoms with E-state index in [1.165, 1.54) is 53.3 Å². The lowest BCUT2D eigenvalue weighted by molar-refractivity contribution is 0.343. The van der Waals surface area contributed by atoms with Crippen molar-refractivity contribution in [2.24, 2.45) is 0 Å². The summed E-state index contributed by atoms with van der Waals surface area (Å²) in [4.78, 5) is 10.8. The van der Waals surface area contributed by atoms with Crippen molar-refractivity contribution in [1.29, 1.82) is 21.0 Å². The number of allylic oxidation sites excluding steroid dienone is 2. The molecule has 11 heteroatoms. The summed E-state index contributed by atoms with van der Waals surface area (Å²) in [6, 6.07) is 20.6. The van der Waals surface area contributed by atoms with Gasteiger partial charge in [-0.25, -0.2) is 0 Å². The van der Waals surface area contributed by atoms with Crippen molar-refractivity contribution in [3.63, 3.8) is 0 Å². The van der Waals surface area contributed by atoms with Crippen LogP contribution in [0, 0.1) is 45.3 Å². The van der Waals surface area contributed by atoms with Crippen LogP contribution in [0.25, 0.3) is 51.2 Å². The number of rotatable bonds is 14. The highest BCUT2D eigenvalue weighted by Gasteiger charge is 2.22. The molecule has 0 atom stereocenters. The number of nitriles is 4. The predicted octanol–water partition coefficient (Wildman–Crippen LogP) is 12.2. The minimum absolute atomic E-state index is 0.0669. The van der Waals surface area contributed by atoms with E-state index in [4.69, 9.17) is 9.47 Å². The minimum atomic E-state index is 0.0669. The molecule has 5 aromatic heterocycles. The molecule has 5 heterocycles. The summed E-state index contributed by atoms with van der Waals surface area (Å²) in [6.07, 6.45) is 7.18. The van der Waals surface area contributed by atoms with Crippen LogP contribution in [0.15, 0.2) is 47.5 Å². The van der Waals surface area contributed by atoms with Gasteiger partial charge in [0.05, 0.1) is 23.0 Å².